The third-order valence-electron chi connectivity index (χ3n) is 5.21. The van der Waals surface area contributed by atoms with Crippen LogP contribution in [0.1, 0.15) is 25.3 Å². The van der Waals surface area contributed by atoms with Crippen LogP contribution >= 0.6 is 0 Å². The molecule has 1 aromatic carbocycles. The summed E-state index contributed by atoms with van der Waals surface area (Å²) in [5.41, 5.74) is 3.12. The van der Waals surface area contributed by atoms with E-state index >= 15 is 0 Å². The lowest BCUT2D eigenvalue weighted by atomic mass is 9.99. The summed E-state index contributed by atoms with van der Waals surface area (Å²) in [5.74, 6) is -0.153. The van der Waals surface area contributed by atoms with Gasteiger partial charge in [0.25, 0.3) is 0 Å². The third kappa shape index (κ3) is 3.41. The smallest absolute Gasteiger partial charge is 0.414 e. The number of amides is 2. The maximum absolute atomic E-state index is 12.1. The second kappa shape index (κ2) is 6.97. The largest absolute Gasteiger partial charge is 0.442 e. The highest BCUT2D eigenvalue weighted by atomic mass is 16.6. The number of benzene rings is 1. The van der Waals surface area contributed by atoms with Crippen molar-refractivity contribution < 1.29 is 14.3 Å². The van der Waals surface area contributed by atoms with Crippen molar-refractivity contribution in [1.82, 2.24) is 10.3 Å². The Morgan fingerprint density at radius 1 is 1.32 bits per heavy atom. The molecule has 1 atom stereocenters. The van der Waals surface area contributed by atoms with Crippen LogP contribution in [-0.2, 0) is 14.9 Å². The standard InChI is InChI=1S/C21H20N4O3/c1-14(26)23-11-18-12-25(20(27)28-18)17-5-2-15(3-6-17)19-7-4-16(10-24-19)21(13-22)8-9-21/h2-7,10,18H,8-9,11-12H2,1H3,(H,23,26)/t18-/m0/s1. The molecule has 0 bridgehead atoms. The van der Waals surface area contributed by atoms with Gasteiger partial charge in [0.2, 0.25) is 5.91 Å². The second-order valence-corrected chi connectivity index (χ2v) is 7.23. The van der Waals surface area contributed by atoms with Gasteiger partial charge in [-0.2, -0.15) is 5.26 Å². The highest BCUT2D eigenvalue weighted by Crippen LogP contribution is 2.47. The SMILES string of the molecule is CC(=O)NC[C@H]1CN(c2ccc(-c3ccc(C4(C#N)CC4)cn3)cc2)C(=O)O1. The first-order valence-electron chi connectivity index (χ1n) is 9.21. The van der Waals surface area contributed by atoms with Crippen molar-refractivity contribution in [2.45, 2.75) is 31.3 Å². The van der Waals surface area contributed by atoms with Crippen LogP contribution < -0.4 is 10.2 Å². The Labute approximate surface area is 162 Å². The topological polar surface area (TPSA) is 95.3 Å². The maximum Gasteiger partial charge on any atom is 0.414 e. The van der Waals surface area contributed by atoms with E-state index in [4.69, 9.17) is 4.74 Å². The molecule has 7 nitrogen and oxygen atoms in total. The van der Waals surface area contributed by atoms with Gasteiger partial charge in [-0.05, 0) is 36.6 Å². The third-order valence-corrected chi connectivity index (χ3v) is 5.21. The van der Waals surface area contributed by atoms with Crippen molar-refractivity contribution >= 4 is 17.7 Å². The van der Waals surface area contributed by atoms with E-state index in [9.17, 15) is 14.9 Å². The van der Waals surface area contributed by atoms with Crippen molar-refractivity contribution in [3.05, 3.63) is 48.2 Å². The lowest BCUT2D eigenvalue weighted by Gasteiger charge is -2.14. The van der Waals surface area contributed by atoms with Crippen molar-refractivity contribution in [2.24, 2.45) is 0 Å². The number of pyridine rings is 1. The monoisotopic (exact) mass is 376 g/mol. The summed E-state index contributed by atoms with van der Waals surface area (Å²) in [7, 11) is 0. The molecule has 1 N–H and O–H groups in total. The molecule has 4 rings (SSSR count). The van der Waals surface area contributed by atoms with Gasteiger partial charge in [0.15, 0.2) is 0 Å². The number of anilines is 1. The number of hydrogen-bond acceptors (Lipinski definition) is 5. The molecule has 1 aliphatic heterocycles. The van der Waals surface area contributed by atoms with E-state index in [1.54, 1.807) is 11.1 Å². The summed E-state index contributed by atoms with van der Waals surface area (Å²) >= 11 is 0. The first-order chi connectivity index (χ1) is 13.5. The van der Waals surface area contributed by atoms with E-state index in [0.717, 1.165) is 35.3 Å². The summed E-state index contributed by atoms with van der Waals surface area (Å²) in [6, 6.07) is 13.8. The quantitative estimate of drug-likeness (QED) is 0.866. The van der Waals surface area contributed by atoms with Crippen LogP contribution in [0, 0.1) is 11.3 Å². The van der Waals surface area contributed by atoms with Gasteiger partial charge in [0, 0.05) is 24.4 Å². The molecule has 28 heavy (non-hydrogen) atoms. The van der Waals surface area contributed by atoms with Crippen molar-refractivity contribution in [2.75, 3.05) is 18.0 Å². The number of nitrogens with one attached hydrogen (secondary N) is 1. The zero-order chi connectivity index (χ0) is 19.7. The fourth-order valence-corrected chi connectivity index (χ4v) is 3.35. The number of hydrogen-bond donors (Lipinski definition) is 1. The summed E-state index contributed by atoms with van der Waals surface area (Å²) in [5, 5.41) is 12.0. The first kappa shape index (κ1) is 18.0. The van der Waals surface area contributed by atoms with Crippen LogP contribution in [0.3, 0.4) is 0 Å². The zero-order valence-corrected chi connectivity index (χ0v) is 15.5. The minimum Gasteiger partial charge on any atom is -0.442 e. The van der Waals surface area contributed by atoms with E-state index in [1.807, 2.05) is 36.4 Å². The Hall–Kier alpha value is -3.40. The van der Waals surface area contributed by atoms with Crippen LogP contribution in [0.25, 0.3) is 11.3 Å². The molecule has 0 unspecified atom stereocenters. The van der Waals surface area contributed by atoms with E-state index in [0.29, 0.717) is 13.1 Å². The second-order valence-electron chi connectivity index (χ2n) is 7.23. The number of nitriles is 1. The molecule has 2 aliphatic rings. The van der Waals surface area contributed by atoms with Gasteiger partial charge in [-0.1, -0.05) is 18.2 Å². The molecule has 0 radical (unpaired) electrons. The van der Waals surface area contributed by atoms with Crippen molar-refractivity contribution in [3.8, 4) is 17.3 Å². The van der Waals surface area contributed by atoms with Crippen molar-refractivity contribution in [3.63, 3.8) is 0 Å². The van der Waals surface area contributed by atoms with Gasteiger partial charge < -0.3 is 10.1 Å². The molecule has 1 saturated heterocycles. The molecule has 142 valence electrons. The molecule has 7 heteroatoms. The predicted octanol–water partition coefficient (Wildman–Crippen LogP) is 2.77. The predicted molar refractivity (Wildman–Crippen MR) is 102 cm³/mol. The van der Waals surface area contributed by atoms with Gasteiger partial charge in [0.1, 0.15) is 6.10 Å². The summed E-state index contributed by atoms with van der Waals surface area (Å²) in [6.07, 6.45) is 2.79. The molecule has 2 aromatic rings. The molecule has 0 spiro atoms. The number of carbonyl (C=O) groups excluding carboxylic acids is 2. The Bertz CT molecular complexity index is 943. The van der Waals surface area contributed by atoms with E-state index in [2.05, 4.69) is 16.4 Å². The van der Waals surface area contributed by atoms with Gasteiger partial charge >= 0.3 is 6.09 Å². The first-order valence-corrected chi connectivity index (χ1v) is 9.21. The minimum atomic E-state index is -0.420. The maximum atomic E-state index is 12.1. The molecule has 1 aliphatic carbocycles. The average molecular weight is 376 g/mol. The van der Waals surface area contributed by atoms with Crippen LogP contribution in [0.4, 0.5) is 10.5 Å². The van der Waals surface area contributed by atoms with Crippen molar-refractivity contribution in [1.29, 1.82) is 5.26 Å². The van der Waals surface area contributed by atoms with E-state index in [1.165, 1.54) is 6.92 Å². The molecule has 1 aromatic heterocycles. The lowest BCUT2D eigenvalue weighted by molar-refractivity contribution is -0.119. The van der Waals surface area contributed by atoms with E-state index in [-0.39, 0.29) is 17.4 Å². The molecule has 1 saturated carbocycles. The number of aromatic nitrogens is 1. The molecular weight excluding hydrogens is 356 g/mol. The summed E-state index contributed by atoms with van der Waals surface area (Å²) in [6.45, 7) is 2.12. The number of rotatable bonds is 5. The number of carbonyl (C=O) groups is 2. The zero-order valence-electron chi connectivity index (χ0n) is 15.5. The molecular formula is C21H20N4O3. The summed E-state index contributed by atoms with van der Waals surface area (Å²) < 4.78 is 5.29. The van der Waals surface area contributed by atoms with Gasteiger partial charge in [-0.3, -0.25) is 14.7 Å². The highest BCUT2D eigenvalue weighted by molar-refractivity contribution is 5.90. The normalized spacial score (nSPS) is 19.6. The fourth-order valence-electron chi connectivity index (χ4n) is 3.35. The Morgan fingerprint density at radius 2 is 2.07 bits per heavy atom. The lowest BCUT2D eigenvalue weighted by Crippen LogP contribution is -2.33. The Kier molecular flexibility index (Phi) is 4.47. The average Bonchev–Trinajstić information content (AvgIpc) is 3.43. The molecule has 2 amide bonds. The van der Waals surface area contributed by atoms with Gasteiger partial charge in [0.05, 0.1) is 30.3 Å². The summed E-state index contributed by atoms with van der Waals surface area (Å²) in [4.78, 5) is 29.2. The number of nitrogens with zero attached hydrogens (tertiary/aromatic N) is 3. The minimum absolute atomic E-state index is 0.153. The number of cyclic esters (lactones) is 1. The number of ether oxygens (including phenoxy) is 1. The van der Waals surface area contributed by atoms with Gasteiger partial charge in [-0.25, -0.2) is 4.79 Å². The molecule has 2 heterocycles. The van der Waals surface area contributed by atoms with Crippen LogP contribution in [0.5, 0.6) is 0 Å². The Balaban J connectivity index is 1.45. The van der Waals surface area contributed by atoms with Crippen LogP contribution in [0.15, 0.2) is 42.6 Å². The van der Waals surface area contributed by atoms with Gasteiger partial charge in [-0.15, -0.1) is 0 Å². The van der Waals surface area contributed by atoms with Crippen LogP contribution in [0.2, 0.25) is 0 Å². The fraction of sp³-hybridized carbons (Fsp3) is 0.333. The Morgan fingerprint density at radius 3 is 2.64 bits per heavy atom. The highest BCUT2D eigenvalue weighted by Gasteiger charge is 2.45. The van der Waals surface area contributed by atoms with Crippen LogP contribution in [-0.4, -0.2) is 36.2 Å². The molecule has 2 fully saturated rings. The van der Waals surface area contributed by atoms with E-state index < -0.39 is 6.09 Å².